The van der Waals surface area contributed by atoms with Crippen LogP contribution in [0.4, 0.5) is 0 Å². The molecular weight excluding hydrogens is 452 g/mol. The molecule has 0 aliphatic carbocycles. The summed E-state index contributed by atoms with van der Waals surface area (Å²) in [5, 5.41) is 6.93. The fraction of sp³-hybridized carbons (Fsp3) is 0. The summed E-state index contributed by atoms with van der Waals surface area (Å²) < 4.78 is 6.03. The van der Waals surface area contributed by atoms with Gasteiger partial charge in [-0.05, 0) is 63.4 Å². The van der Waals surface area contributed by atoms with Gasteiger partial charge in [-0.3, -0.25) is 9.97 Å². The number of aromatic nitrogens is 2. The lowest BCUT2D eigenvalue weighted by atomic mass is 9.94. The first-order valence-corrected chi connectivity index (χ1v) is 12.4. The van der Waals surface area contributed by atoms with Gasteiger partial charge < -0.3 is 4.42 Å². The van der Waals surface area contributed by atoms with Gasteiger partial charge in [0.2, 0.25) is 0 Å². The molecule has 3 heteroatoms. The van der Waals surface area contributed by atoms with E-state index in [0.29, 0.717) is 0 Å². The molecule has 2 heterocycles. The quantitative estimate of drug-likeness (QED) is 0.235. The van der Waals surface area contributed by atoms with E-state index in [-0.39, 0.29) is 0 Å². The van der Waals surface area contributed by atoms with E-state index in [1.165, 1.54) is 27.5 Å². The molecule has 0 saturated heterocycles. The van der Waals surface area contributed by atoms with Crippen molar-refractivity contribution in [1.29, 1.82) is 0 Å². The second kappa shape index (κ2) is 7.74. The summed E-state index contributed by atoms with van der Waals surface area (Å²) in [5.41, 5.74) is 8.38. The van der Waals surface area contributed by atoms with Crippen molar-refractivity contribution < 1.29 is 4.42 Å². The Morgan fingerprint density at radius 3 is 1.76 bits per heavy atom. The third-order valence-corrected chi connectivity index (χ3v) is 7.35. The molecule has 8 aromatic rings. The Bertz CT molecular complexity index is 2120. The van der Waals surface area contributed by atoms with Gasteiger partial charge in [-0.2, -0.15) is 0 Å². The Kier molecular flexibility index (Phi) is 4.23. The maximum absolute atomic E-state index is 6.03. The maximum atomic E-state index is 6.03. The van der Waals surface area contributed by atoms with Crippen molar-refractivity contribution in [2.75, 3.05) is 0 Å². The van der Waals surface area contributed by atoms with Crippen molar-refractivity contribution >= 4 is 54.5 Å². The van der Waals surface area contributed by atoms with Gasteiger partial charge >= 0.3 is 0 Å². The molecule has 6 aromatic carbocycles. The largest absolute Gasteiger partial charge is 0.456 e. The van der Waals surface area contributed by atoms with Crippen LogP contribution < -0.4 is 0 Å². The molecule has 0 unspecified atom stereocenters. The molecule has 0 amide bonds. The minimum absolute atomic E-state index is 0.913. The SMILES string of the molecule is c1cc(-c2ccc3oc4ccccc4c3c2)cc(-c2ccc3c4ccccc4c4nccnc4c3c2)c1. The summed E-state index contributed by atoms with van der Waals surface area (Å²) in [6, 6.07) is 38.5. The third kappa shape index (κ3) is 3.08. The second-order valence-corrected chi connectivity index (χ2v) is 9.45. The van der Waals surface area contributed by atoms with Gasteiger partial charge in [-0.25, -0.2) is 0 Å². The van der Waals surface area contributed by atoms with Gasteiger partial charge in [0.05, 0.1) is 11.0 Å². The number of hydrogen-bond acceptors (Lipinski definition) is 3. The number of fused-ring (bicyclic) bond motifs is 9. The van der Waals surface area contributed by atoms with Crippen LogP contribution in [0.3, 0.4) is 0 Å². The van der Waals surface area contributed by atoms with Crippen LogP contribution in [0.2, 0.25) is 0 Å². The second-order valence-electron chi connectivity index (χ2n) is 9.45. The number of para-hydroxylation sites is 1. The highest BCUT2D eigenvalue weighted by atomic mass is 16.3. The van der Waals surface area contributed by atoms with Crippen LogP contribution in [0.25, 0.3) is 76.8 Å². The van der Waals surface area contributed by atoms with E-state index in [0.717, 1.165) is 49.3 Å². The van der Waals surface area contributed by atoms with Crippen molar-refractivity contribution in [2.45, 2.75) is 0 Å². The fourth-order valence-electron chi connectivity index (χ4n) is 5.60. The molecule has 3 nitrogen and oxygen atoms in total. The molecule has 0 aliphatic rings. The van der Waals surface area contributed by atoms with E-state index >= 15 is 0 Å². The minimum Gasteiger partial charge on any atom is -0.456 e. The molecule has 0 aliphatic heterocycles. The van der Waals surface area contributed by atoms with Crippen molar-refractivity contribution in [2.24, 2.45) is 0 Å². The summed E-state index contributed by atoms with van der Waals surface area (Å²) >= 11 is 0. The van der Waals surface area contributed by atoms with Crippen LogP contribution in [0.5, 0.6) is 0 Å². The molecule has 2 aromatic heterocycles. The Morgan fingerprint density at radius 2 is 0.946 bits per heavy atom. The summed E-state index contributed by atoms with van der Waals surface area (Å²) in [4.78, 5) is 9.42. The van der Waals surface area contributed by atoms with Gasteiger partial charge in [0, 0.05) is 33.9 Å². The smallest absolute Gasteiger partial charge is 0.135 e. The highest BCUT2D eigenvalue weighted by molar-refractivity contribution is 6.23. The Morgan fingerprint density at radius 1 is 0.378 bits per heavy atom. The molecule has 8 rings (SSSR count). The topological polar surface area (TPSA) is 38.9 Å². The van der Waals surface area contributed by atoms with Crippen molar-refractivity contribution in [1.82, 2.24) is 9.97 Å². The Hall–Kier alpha value is -5.02. The molecule has 0 bridgehead atoms. The molecule has 0 saturated carbocycles. The monoisotopic (exact) mass is 472 g/mol. The van der Waals surface area contributed by atoms with Crippen LogP contribution in [-0.4, -0.2) is 9.97 Å². The van der Waals surface area contributed by atoms with E-state index < -0.39 is 0 Å². The summed E-state index contributed by atoms with van der Waals surface area (Å²) in [5.74, 6) is 0. The average Bonchev–Trinajstić information content (AvgIpc) is 3.35. The van der Waals surface area contributed by atoms with Gasteiger partial charge in [0.1, 0.15) is 11.2 Å². The molecule has 0 N–H and O–H groups in total. The van der Waals surface area contributed by atoms with Gasteiger partial charge in [0.25, 0.3) is 0 Å². The third-order valence-electron chi connectivity index (χ3n) is 7.35. The number of furan rings is 1. The van der Waals surface area contributed by atoms with Crippen molar-refractivity contribution in [3.05, 3.63) is 122 Å². The van der Waals surface area contributed by atoms with Crippen LogP contribution in [0.15, 0.2) is 126 Å². The van der Waals surface area contributed by atoms with Gasteiger partial charge in [0.15, 0.2) is 0 Å². The lowest BCUT2D eigenvalue weighted by Gasteiger charge is -2.11. The zero-order chi connectivity index (χ0) is 24.3. The standard InChI is InChI=1S/C34H20N2O/c1-2-10-28-25(8-1)26-14-12-23(20-30(26)34-33(28)35-16-17-36-34)21-6-5-7-22(18-21)24-13-15-32-29(19-24)27-9-3-4-11-31(27)37-32/h1-20H. The van der Waals surface area contributed by atoms with Crippen LogP contribution >= 0.6 is 0 Å². The fourth-order valence-corrected chi connectivity index (χ4v) is 5.60. The van der Waals surface area contributed by atoms with Crippen molar-refractivity contribution in [3.63, 3.8) is 0 Å². The molecule has 0 spiro atoms. The van der Waals surface area contributed by atoms with E-state index in [9.17, 15) is 0 Å². The first-order valence-electron chi connectivity index (χ1n) is 12.4. The molecule has 0 radical (unpaired) electrons. The van der Waals surface area contributed by atoms with Crippen LogP contribution in [-0.2, 0) is 0 Å². The highest BCUT2D eigenvalue weighted by Crippen LogP contribution is 2.37. The van der Waals surface area contributed by atoms with E-state index in [1.54, 1.807) is 12.4 Å². The van der Waals surface area contributed by atoms with Crippen LogP contribution in [0.1, 0.15) is 0 Å². The molecular formula is C34H20N2O. The number of nitrogens with zero attached hydrogens (tertiary/aromatic N) is 2. The van der Waals surface area contributed by atoms with E-state index in [1.807, 2.05) is 12.1 Å². The first kappa shape index (κ1) is 20.2. The molecule has 0 atom stereocenters. The summed E-state index contributed by atoms with van der Waals surface area (Å²) in [7, 11) is 0. The van der Waals surface area contributed by atoms with Gasteiger partial charge in [-0.1, -0.05) is 78.9 Å². The number of rotatable bonds is 2. The first-order chi connectivity index (χ1) is 18.3. The van der Waals surface area contributed by atoms with Crippen LogP contribution in [0, 0.1) is 0 Å². The lowest BCUT2D eigenvalue weighted by Crippen LogP contribution is -1.89. The maximum Gasteiger partial charge on any atom is 0.135 e. The minimum atomic E-state index is 0.913. The zero-order valence-electron chi connectivity index (χ0n) is 19.8. The predicted molar refractivity (Wildman–Crippen MR) is 153 cm³/mol. The Balaban J connectivity index is 1.31. The lowest BCUT2D eigenvalue weighted by molar-refractivity contribution is 0.669. The predicted octanol–water partition coefficient (Wildman–Crippen LogP) is 9.17. The number of benzene rings is 6. The average molecular weight is 473 g/mol. The summed E-state index contributed by atoms with van der Waals surface area (Å²) in [6.07, 6.45) is 3.55. The van der Waals surface area contributed by atoms with E-state index in [2.05, 4.69) is 102 Å². The highest BCUT2D eigenvalue weighted by Gasteiger charge is 2.12. The normalized spacial score (nSPS) is 11.8. The molecule has 172 valence electrons. The van der Waals surface area contributed by atoms with E-state index in [4.69, 9.17) is 9.40 Å². The van der Waals surface area contributed by atoms with Crippen molar-refractivity contribution in [3.8, 4) is 22.3 Å². The molecule has 37 heavy (non-hydrogen) atoms. The number of hydrogen-bond donors (Lipinski definition) is 0. The Labute approximate surface area is 212 Å². The molecule has 0 fully saturated rings. The summed E-state index contributed by atoms with van der Waals surface area (Å²) in [6.45, 7) is 0. The van der Waals surface area contributed by atoms with Gasteiger partial charge in [-0.15, -0.1) is 0 Å². The zero-order valence-corrected chi connectivity index (χ0v) is 19.8.